The van der Waals surface area contributed by atoms with E-state index in [1.165, 1.54) is 6.92 Å². The van der Waals surface area contributed by atoms with E-state index in [2.05, 4.69) is 26.1 Å². The smallest absolute Gasteiger partial charge is 0.260 e. The quantitative estimate of drug-likeness (QED) is 0.910. The average molecular weight is 344 g/mol. The van der Waals surface area contributed by atoms with E-state index in [0.717, 1.165) is 25.8 Å². The third-order valence-corrected chi connectivity index (χ3v) is 5.28. The Balaban J connectivity index is 1.65. The Bertz CT molecular complexity index is 685. The minimum absolute atomic E-state index is 0.00358. The van der Waals surface area contributed by atoms with Gasteiger partial charge < -0.3 is 15.0 Å². The number of nitrogens with one attached hydrogen (secondary N) is 1. The summed E-state index contributed by atoms with van der Waals surface area (Å²) >= 11 is 0. The van der Waals surface area contributed by atoms with Gasteiger partial charge in [0, 0.05) is 19.5 Å². The molecule has 2 unspecified atom stereocenters. The van der Waals surface area contributed by atoms with Crippen LogP contribution in [0.2, 0.25) is 0 Å². The van der Waals surface area contributed by atoms with Crippen molar-refractivity contribution >= 4 is 17.5 Å². The number of fused-ring (bicyclic) bond motifs is 2. The summed E-state index contributed by atoms with van der Waals surface area (Å²) in [7, 11) is 0. The summed E-state index contributed by atoms with van der Waals surface area (Å²) < 4.78 is 5.74. The van der Waals surface area contributed by atoms with Crippen molar-refractivity contribution in [3.63, 3.8) is 0 Å². The molecule has 0 aromatic heterocycles. The first-order valence-corrected chi connectivity index (χ1v) is 8.96. The zero-order valence-corrected chi connectivity index (χ0v) is 15.6. The number of carbonyl (C=O) groups excluding carboxylic acids is 2. The van der Waals surface area contributed by atoms with Gasteiger partial charge in [0.15, 0.2) is 6.61 Å². The molecule has 136 valence electrons. The molecule has 2 fully saturated rings. The molecule has 5 nitrogen and oxygen atoms in total. The summed E-state index contributed by atoms with van der Waals surface area (Å²) in [5, 5.41) is 2.73. The van der Waals surface area contributed by atoms with Crippen molar-refractivity contribution in [2.24, 2.45) is 10.8 Å². The number of hydrogen-bond donors (Lipinski definition) is 1. The van der Waals surface area contributed by atoms with Crippen LogP contribution in [0.15, 0.2) is 24.3 Å². The number of nitrogens with zero attached hydrogens (tertiary/aromatic N) is 1. The number of ether oxygens (including phenoxy) is 1. The number of rotatable bonds is 4. The molecule has 3 rings (SSSR count). The van der Waals surface area contributed by atoms with E-state index >= 15 is 0 Å². The van der Waals surface area contributed by atoms with Crippen molar-refractivity contribution in [1.29, 1.82) is 0 Å². The van der Waals surface area contributed by atoms with Gasteiger partial charge in [0.2, 0.25) is 5.91 Å². The van der Waals surface area contributed by atoms with Crippen LogP contribution in [0.25, 0.3) is 0 Å². The van der Waals surface area contributed by atoms with Gasteiger partial charge in [-0.25, -0.2) is 0 Å². The van der Waals surface area contributed by atoms with Gasteiger partial charge in [-0.15, -0.1) is 0 Å². The molecular weight excluding hydrogens is 316 g/mol. The maximum atomic E-state index is 12.8. The van der Waals surface area contributed by atoms with Crippen LogP contribution in [0.4, 0.5) is 5.69 Å². The number of carbonyl (C=O) groups is 2. The Morgan fingerprint density at radius 1 is 1.24 bits per heavy atom. The van der Waals surface area contributed by atoms with Gasteiger partial charge in [-0.3, -0.25) is 9.59 Å². The average Bonchev–Trinajstić information content (AvgIpc) is 2.74. The van der Waals surface area contributed by atoms with E-state index < -0.39 is 0 Å². The molecule has 2 bridgehead atoms. The molecular formula is C20H28N2O3. The molecule has 5 heteroatoms. The molecule has 1 aromatic rings. The topological polar surface area (TPSA) is 58.6 Å². The Labute approximate surface area is 149 Å². The van der Waals surface area contributed by atoms with Crippen LogP contribution in [0.5, 0.6) is 5.75 Å². The SMILES string of the molecule is CC(=O)Nc1ccccc1OCC(=O)N1CC2(C)CC1CC(C)(C)C2. The maximum absolute atomic E-state index is 12.8. The van der Waals surface area contributed by atoms with Crippen LogP contribution < -0.4 is 10.1 Å². The fourth-order valence-corrected chi connectivity index (χ4v) is 4.86. The zero-order valence-electron chi connectivity index (χ0n) is 15.6. The first-order chi connectivity index (χ1) is 11.7. The third-order valence-electron chi connectivity index (χ3n) is 5.28. The lowest BCUT2D eigenvalue weighted by molar-refractivity contribution is -0.134. The van der Waals surface area contributed by atoms with Crippen LogP contribution in [-0.2, 0) is 9.59 Å². The Kier molecular flexibility index (Phi) is 4.52. The van der Waals surface area contributed by atoms with E-state index in [1.54, 1.807) is 12.1 Å². The predicted octanol–water partition coefficient (Wildman–Crippen LogP) is 3.45. The Hall–Kier alpha value is -2.04. The highest BCUT2D eigenvalue weighted by atomic mass is 16.5. The van der Waals surface area contributed by atoms with Crippen molar-refractivity contribution in [3.05, 3.63) is 24.3 Å². The first-order valence-electron chi connectivity index (χ1n) is 8.96. The summed E-state index contributed by atoms with van der Waals surface area (Å²) in [6.45, 7) is 9.16. The predicted molar refractivity (Wildman–Crippen MR) is 97.5 cm³/mol. The normalized spacial score (nSPS) is 27.0. The van der Waals surface area contributed by atoms with Crippen LogP contribution in [0.3, 0.4) is 0 Å². The standard InChI is InChI=1S/C20H28N2O3/c1-14(23)21-16-7-5-6-8-17(16)25-11-18(24)22-13-20(4)10-15(22)9-19(2,3)12-20/h5-8,15H,9-13H2,1-4H3,(H,21,23). The molecule has 1 N–H and O–H groups in total. The van der Waals surface area contributed by atoms with E-state index in [9.17, 15) is 9.59 Å². The molecule has 2 atom stereocenters. The van der Waals surface area contributed by atoms with E-state index in [-0.39, 0.29) is 29.3 Å². The molecule has 1 heterocycles. The molecule has 0 radical (unpaired) electrons. The molecule has 25 heavy (non-hydrogen) atoms. The van der Waals surface area contributed by atoms with Crippen molar-refractivity contribution in [2.75, 3.05) is 18.5 Å². The van der Waals surface area contributed by atoms with Gasteiger partial charge in [-0.05, 0) is 42.2 Å². The molecule has 1 saturated carbocycles. The van der Waals surface area contributed by atoms with Crippen molar-refractivity contribution in [3.8, 4) is 5.75 Å². The fourth-order valence-electron chi connectivity index (χ4n) is 4.86. The van der Waals surface area contributed by atoms with Crippen LogP contribution in [-0.4, -0.2) is 35.9 Å². The number of para-hydroxylation sites is 2. The number of anilines is 1. The number of likely N-dealkylation sites (tertiary alicyclic amines) is 1. The molecule has 1 aromatic carbocycles. The molecule has 1 saturated heterocycles. The van der Waals surface area contributed by atoms with Crippen LogP contribution in [0.1, 0.15) is 47.0 Å². The van der Waals surface area contributed by atoms with Crippen LogP contribution >= 0.6 is 0 Å². The fraction of sp³-hybridized carbons (Fsp3) is 0.600. The lowest BCUT2D eigenvalue weighted by Crippen LogP contribution is -2.40. The zero-order chi connectivity index (χ0) is 18.2. The summed E-state index contributed by atoms with van der Waals surface area (Å²) in [5.74, 6) is 0.398. The number of hydrogen-bond acceptors (Lipinski definition) is 3. The second kappa shape index (κ2) is 6.36. The van der Waals surface area contributed by atoms with Gasteiger partial charge in [0.1, 0.15) is 5.75 Å². The monoisotopic (exact) mass is 344 g/mol. The van der Waals surface area contributed by atoms with Gasteiger partial charge in [-0.1, -0.05) is 32.9 Å². The van der Waals surface area contributed by atoms with Crippen LogP contribution in [0, 0.1) is 10.8 Å². The van der Waals surface area contributed by atoms with Crippen molar-refractivity contribution in [2.45, 2.75) is 53.0 Å². The number of amides is 2. The highest BCUT2D eigenvalue weighted by Crippen LogP contribution is 2.52. The van der Waals surface area contributed by atoms with E-state index in [1.807, 2.05) is 17.0 Å². The minimum Gasteiger partial charge on any atom is -0.482 e. The summed E-state index contributed by atoms with van der Waals surface area (Å²) in [5.41, 5.74) is 1.10. The largest absolute Gasteiger partial charge is 0.482 e. The lowest BCUT2D eigenvalue weighted by Gasteiger charge is -2.39. The summed E-state index contributed by atoms with van der Waals surface area (Å²) in [4.78, 5) is 26.1. The molecule has 2 aliphatic rings. The molecule has 1 aliphatic heterocycles. The van der Waals surface area contributed by atoms with Gasteiger partial charge in [0.25, 0.3) is 5.91 Å². The maximum Gasteiger partial charge on any atom is 0.260 e. The van der Waals surface area contributed by atoms with Gasteiger partial charge in [-0.2, -0.15) is 0 Å². The highest BCUT2D eigenvalue weighted by molar-refractivity contribution is 5.90. The number of benzene rings is 1. The molecule has 1 aliphatic carbocycles. The van der Waals surface area contributed by atoms with Crippen molar-refractivity contribution in [1.82, 2.24) is 4.90 Å². The van der Waals surface area contributed by atoms with Crippen molar-refractivity contribution < 1.29 is 14.3 Å². The molecule has 2 amide bonds. The third kappa shape index (κ3) is 3.97. The summed E-state index contributed by atoms with van der Waals surface area (Å²) in [6, 6.07) is 7.51. The van der Waals surface area contributed by atoms with Gasteiger partial charge >= 0.3 is 0 Å². The minimum atomic E-state index is -0.161. The lowest BCUT2D eigenvalue weighted by atomic mass is 9.65. The Morgan fingerprint density at radius 3 is 2.68 bits per heavy atom. The second-order valence-corrected chi connectivity index (χ2v) is 8.70. The van der Waals surface area contributed by atoms with E-state index in [0.29, 0.717) is 17.5 Å². The highest BCUT2D eigenvalue weighted by Gasteiger charge is 2.50. The van der Waals surface area contributed by atoms with Gasteiger partial charge in [0.05, 0.1) is 5.69 Å². The first kappa shape index (κ1) is 17.8. The molecule has 0 spiro atoms. The second-order valence-electron chi connectivity index (χ2n) is 8.70. The van der Waals surface area contributed by atoms with E-state index in [4.69, 9.17) is 4.74 Å². The summed E-state index contributed by atoms with van der Waals surface area (Å²) in [6.07, 6.45) is 3.30. The Morgan fingerprint density at radius 2 is 1.96 bits per heavy atom.